The van der Waals surface area contributed by atoms with Crippen molar-refractivity contribution >= 4 is 11.6 Å². The molecular weight excluding hydrogens is 224 g/mol. The fourth-order valence-corrected chi connectivity index (χ4v) is 2.07. The molecular formula is C14H26N4. The zero-order valence-corrected chi connectivity index (χ0v) is 12.2. The number of hydrogen-bond donors (Lipinski definition) is 1. The molecule has 0 amide bonds. The summed E-state index contributed by atoms with van der Waals surface area (Å²) in [5.74, 6) is 2.10. The van der Waals surface area contributed by atoms with Crippen LogP contribution in [0.4, 0.5) is 11.6 Å². The van der Waals surface area contributed by atoms with E-state index in [2.05, 4.69) is 47.9 Å². The lowest BCUT2D eigenvalue weighted by Crippen LogP contribution is -2.25. The fraction of sp³-hybridized carbons (Fsp3) is 0.714. The van der Waals surface area contributed by atoms with Crippen LogP contribution in [0.2, 0.25) is 0 Å². The molecule has 0 radical (unpaired) electrons. The normalized spacial score (nSPS) is 10.4. The van der Waals surface area contributed by atoms with E-state index >= 15 is 0 Å². The maximum Gasteiger partial charge on any atom is 0.137 e. The third kappa shape index (κ3) is 3.59. The molecule has 0 saturated carbocycles. The van der Waals surface area contributed by atoms with E-state index in [-0.39, 0.29) is 0 Å². The molecule has 0 fully saturated rings. The summed E-state index contributed by atoms with van der Waals surface area (Å²) in [7, 11) is 0. The number of nitrogens with one attached hydrogen (secondary N) is 1. The number of aromatic nitrogens is 2. The van der Waals surface area contributed by atoms with Crippen LogP contribution in [-0.4, -0.2) is 29.6 Å². The number of hydrogen-bond acceptors (Lipinski definition) is 4. The molecule has 4 nitrogen and oxygen atoms in total. The zero-order valence-electron chi connectivity index (χ0n) is 12.2. The van der Waals surface area contributed by atoms with Crippen LogP contribution >= 0.6 is 0 Å². The largest absolute Gasteiger partial charge is 0.370 e. The molecule has 0 saturated heterocycles. The van der Waals surface area contributed by atoms with E-state index in [1.54, 1.807) is 6.33 Å². The van der Waals surface area contributed by atoms with Gasteiger partial charge in [-0.1, -0.05) is 20.3 Å². The lowest BCUT2D eigenvalue weighted by molar-refractivity contribution is 0.810. The molecule has 102 valence electrons. The van der Waals surface area contributed by atoms with Gasteiger partial charge in [-0.05, 0) is 26.7 Å². The summed E-state index contributed by atoms with van der Waals surface area (Å²) in [5.41, 5.74) is 1.26. The molecule has 0 aliphatic heterocycles. The average molecular weight is 250 g/mol. The van der Waals surface area contributed by atoms with Gasteiger partial charge in [0.15, 0.2) is 0 Å². The molecule has 0 aliphatic rings. The van der Waals surface area contributed by atoms with Crippen LogP contribution in [0.5, 0.6) is 0 Å². The van der Waals surface area contributed by atoms with Gasteiger partial charge in [-0.25, -0.2) is 9.97 Å². The molecule has 0 aliphatic carbocycles. The van der Waals surface area contributed by atoms with E-state index < -0.39 is 0 Å². The van der Waals surface area contributed by atoms with Crippen LogP contribution < -0.4 is 10.2 Å². The smallest absolute Gasteiger partial charge is 0.137 e. The molecule has 0 aromatic carbocycles. The summed E-state index contributed by atoms with van der Waals surface area (Å²) < 4.78 is 0. The molecule has 0 bridgehead atoms. The third-order valence-corrected chi connectivity index (χ3v) is 3.03. The minimum atomic E-state index is 0.964. The van der Waals surface area contributed by atoms with Crippen LogP contribution in [0.1, 0.15) is 46.1 Å². The maximum absolute atomic E-state index is 4.48. The molecule has 1 heterocycles. The van der Waals surface area contributed by atoms with Crippen molar-refractivity contribution in [1.82, 2.24) is 9.97 Å². The van der Waals surface area contributed by atoms with Gasteiger partial charge >= 0.3 is 0 Å². The number of anilines is 2. The average Bonchev–Trinajstić information content (AvgIpc) is 2.40. The Labute approximate surface area is 111 Å². The van der Waals surface area contributed by atoms with Gasteiger partial charge in [-0.15, -0.1) is 0 Å². The molecule has 0 unspecified atom stereocenters. The minimum absolute atomic E-state index is 0.964. The minimum Gasteiger partial charge on any atom is -0.370 e. The Bertz CT molecular complexity index is 348. The van der Waals surface area contributed by atoms with Crippen molar-refractivity contribution in [1.29, 1.82) is 0 Å². The second-order valence-electron chi connectivity index (χ2n) is 4.37. The lowest BCUT2D eigenvalue weighted by atomic mass is 10.1. The quantitative estimate of drug-likeness (QED) is 0.769. The molecule has 1 N–H and O–H groups in total. The van der Waals surface area contributed by atoms with Crippen molar-refractivity contribution < 1.29 is 0 Å². The monoisotopic (exact) mass is 250 g/mol. The highest BCUT2D eigenvalue weighted by molar-refractivity contribution is 5.58. The summed E-state index contributed by atoms with van der Waals surface area (Å²) in [4.78, 5) is 11.2. The van der Waals surface area contributed by atoms with Crippen molar-refractivity contribution in [3.8, 4) is 0 Å². The van der Waals surface area contributed by atoms with E-state index in [4.69, 9.17) is 0 Å². The van der Waals surface area contributed by atoms with Gasteiger partial charge in [0.2, 0.25) is 0 Å². The Balaban J connectivity index is 3.07. The summed E-state index contributed by atoms with van der Waals surface area (Å²) in [6.07, 6.45) is 4.92. The maximum atomic E-state index is 4.48. The molecule has 18 heavy (non-hydrogen) atoms. The molecule has 1 aromatic rings. The molecule has 4 heteroatoms. The van der Waals surface area contributed by atoms with Crippen molar-refractivity contribution in [3.63, 3.8) is 0 Å². The van der Waals surface area contributed by atoms with Crippen molar-refractivity contribution in [2.24, 2.45) is 0 Å². The Morgan fingerprint density at radius 3 is 2.33 bits per heavy atom. The Kier molecular flexibility index (Phi) is 6.47. The topological polar surface area (TPSA) is 41.1 Å². The first-order valence-corrected chi connectivity index (χ1v) is 7.11. The van der Waals surface area contributed by atoms with Crippen LogP contribution in [0.3, 0.4) is 0 Å². The van der Waals surface area contributed by atoms with Crippen LogP contribution in [0.25, 0.3) is 0 Å². The second-order valence-corrected chi connectivity index (χ2v) is 4.37. The third-order valence-electron chi connectivity index (χ3n) is 3.03. The van der Waals surface area contributed by atoms with Crippen molar-refractivity contribution in [2.75, 3.05) is 29.9 Å². The van der Waals surface area contributed by atoms with Gasteiger partial charge in [0, 0.05) is 25.2 Å². The molecule has 0 atom stereocenters. The summed E-state index contributed by atoms with van der Waals surface area (Å²) in [6.45, 7) is 11.6. The summed E-state index contributed by atoms with van der Waals surface area (Å²) >= 11 is 0. The van der Waals surface area contributed by atoms with Crippen molar-refractivity contribution in [2.45, 2.75) is 47.0 Å². The van der Waals surface area contributed by atoms with Crippen LogP contribution in [0.15, 0.2) is 6.33 Å². The van der Waals surface area contributed by atoms with Gasteiger partial charge < -0.3 is 10.2 Å². The predicted molar refractivity (Wildman–Crippen MR) is 78.4 cm³/mol. The van der Waals surface area contributed by atoms with Gasteiger partial charge in [0.25, 0.3) is 0 Å². The van der Waals surface area contributed by atoms with E-state index in [9.17, 15) is 0 Å². The first kappa shape index (κ1) is 14.7. The predicted octanol–water partition coefficient (Wildman–Crippen LogP) is 3.10. The van der Waals surface area contributed by atoms with Crippen LogP contribution in [-0.2, 0) is 6.42 Å². The standard InChI is InChI=1S/C14H26N4/c1-5-9-12-13(15-10-6-2)16-11-17-14(12)18(7-3)8-4/h11H,5-10H2,1-4H3,(H,15,16,17). The number of nitrogens with zero attached hydrogens (tertiary/aromatic N) is 3. The Hall–Kier alpha value is -1.32. The SMILES string of the molecule is CCCNc1ncnc(N(CC)CC)c1CCC. The highest BCUT2D eigenvalue weighted by Crippen LogP contribution is 2.24. The van der Waals surface area contributed by atoms with Gasteiger partial charge in [-0.2, -0.15) is 0 Å². The van der Waals surface area contributed by atoms with Crippen LogP contribution in [0, 0.1) is 0 Å². The number of rotatable bonds is 8. The summed E-state index contributed by atoms with van der Waals surface area (Å²) in [5, 5.41) is 3.41. The van der Waals surface area contributed by atoms with Gasteiger partial charge in [0.05, 0.1) is 0 Å². The Morgan fingerprint density at radius 1 is 1.06 bits per heavy atom. The van der Waals surface area contributed by atoms with E-state index in [1.807, 2.05) is 0 Å². The van der Waals surface area contributed by atoms with E-state index in [1.165, 1.54) is 5.56 Å². The molecule has 1 rings (SSSR count). The first-order chi connectivity index (χ1) is 8.78. The van der Waals surface area contributed by atoms with E-state index in [0.29, 0.717) is 0 Å². The molecule has 0 spiro atoms. The Morgan fingerprint density at radius 2 is 1.78 bits per heavy atom. The van der Waals surface area contributed by atoms with Gasteiger partial charge in [-0.3, -0.25) is 0 Å². The second kappa shape index (κ2) is 7.90. The van der Waals surface area contributed by atoms with Gasteiger partial charge in [0.1, 0.15) is 18.0 Å². The molecule has 1 aromatic heterocycles. The van der Waals surface area contributed by atoms with Crippen molar-refractivity contribution in [3.05, 3.63) is 11.9 Å². The highest BCUT2D eigenvalue weighted by atomic mass is 15.2. The highest BCUT2D eigenvalue weighted by Gasteiger charge is 2.14. The summed E-state index contributed by atoms with van der Waals surface area (Å²) in [6, 6.07) is 0. The lowest BCUT2D eigenvalue weighted by Gasteiger charge is -2.24. The first-order valence-electron chi connectivity index (χ1n) is 7.11. The zero-order chi connectivity index (χ0) is 13.4. The van der Waals surface area contributed by atoms with E-state index in [0.717, 1.165) is 50.5 Å². The fourth-order valence-electron chi connectivity index (χ4n) is 2.07.